The number of nitrogens with one attached hydrogen (secondary N) is 1. The second-order valence-electron chi connectivity index (χ2n) is 11.2. The Hall–Kier alpha value is -4.21. The first kappa shape index (κ1) is 33.7. The van der Waals surface area contributed by atoms with Gasteiger partial charge in [-0.3, -0.25) is 13.9 Å². The van der Waals surface area contributed by atoms with Gasteiger partial charge in [0.05, 0.1) is 10.6 Å². The van der Waals surface area contributed by atoms with Crippen molar-refractivity contribution in [1.82, 2.24) is 10.2 Å². The van der Waals surface area contributed by atoms with Gasteiger partial charge in [-0.05, 0) is 72.0 Å². The molecule has 0 heterocycles. The fraction of sp³-hybridized carbons (Fsp3) is 0.257. The molecule has 1 N–H and O–H groups in total. The Morgan fingerprint density at radius 3 is 2.09 bits per heavy atom. The average Bonchev–Trinajstić information content (AvgIpc) is 3.02. The molecule has 0 aliphatic carbocycles. The van der Waals surface area contributed by atoms with Gasteiger partial charge in [0.2, 0.25) is 11.8 Å². The molecule has 236 valence electrons. The summed E-state index contributed by atoms with van der Waals surface area (Å²) in [6.45, 7) is 5.39. The van der Waals surface area contributed by atoms with Crippen LogP contribution in [0.4, 0.5) is 10.1 Å². The summed E-state index contributed by atoms with van der Waals surface area (Å²) in [4.78, 5) is 29.7. The summed E-state index contributed by atoms with van der Waals surface area (Å²) < 4.78 is 43.1. The molecule has 0 bridgehead atoms. The summed E-state index contributed by atoms with van der Waals surface area (Å²) in [7, 11) is -4.23. The second-order valence-corrected chi connectivity index (χ2v) is 13.5. The van der Waals surface area contributed by atoms with Crippen LogP contribution in [0.15, 0.2) is 108 Å². The molecule has 0 saturated heterocycles. The Balaban J connectivity index is 1.81. The van der Waals surface area contributed by atoms with Gasteiger partial charge < -0.3 is 10.2 Å². The van der Waals surface area contributed by atoms with Crippen LogP contribution >= 0.6 is 11.6 Å². The molecule has 10 heteroatoms. The van der Waals surface area contributed by atoms with Crippen molar-refractivity contribution < 1.29 is 22.4 Å². The molecule has 1 atom stereocenters. The van der Waals surface area contributed by atoms with E-state index < -0.39 is 34.3 Å². The number of carbonyl (C=O) groups excluding carboxylic acids is 2. The molecule has 0 saturated carbocycles. The molecule has 0 spiro atoms. The summed E-state index contributed by atoms with van der Waals surface area (Å²) in [6, 6.07) is 26.6. The van der Waals surface area contributed by atoms with Crippen molar-refractivity contribution in [3.05, 3.63) is 131 Å². The lowest BCUT2D eigenvalue weighted by Crippen LogP contribution is -2.53. The number of aryl methyl sites for hydroxylation is 1. The maximum absolute atomic E-state index is 14.5. The lowest BCUT2D eigenvalue weighted by atomic mass is 10.0. The zero-order chi connectivity index (χ0) is 32.6. The molecule has 7 nitrogen and oxygen atoms in total. The molecule has 0 aliphatic rings. The van der Waals surface area contributed by atoms with Crippen LogP contribution in [0.25, 0.3) is 0 Å². The number of rotatable bonds is 13. The van der Waals surface area contributed by atoms with Crippen LogP contribution in [0.3, 0.4) is 0 Å². The van der Waals surface area contributed by atoms with Gasteiger partial charge in [-0.25, -0.2) is 12.8 Å². The van der Waals surface area contributed by atoms with Crippen molar-refractivity contribution in [2.75, 3.05) is 17.4 Å². The van der Waals surface area contributed by atoms with E-state index >= 15 is 0 Å². The minimum atomic E-state index is -4.23. The molecule has 0 fully saturated rings. The standard InChI is InChI=1S/C35H37ClFN3O4S/c1-25(2)22-38-35(42)33(21-27-10-6-4-7-11-27)39(23-28-14-17-30(37)18-15-28)34(41)24-40(32-19-16-29(36)20-26(32)3)45(43,44)31-12-8-5-9-13-31/h4-20,25,33H,21-24H2,1-3H3,(H,38,42). The molecule has 0 aromatic heterocycles. The van der Waals surface area contributed by atoms with E-state index in [2.05, 4.69) is 5.32 Å². The summed E-state index contributed by atoms with van der Waals surface area (Å²) in [5.41, 5.74) is 2.23. The minimum Gasteiger partial charge on any atom is -0.354 e. The first-order valence-corrected chi connectivity index (χ1v) is 16.5. The number of hydrogen-bond donors (Lipinski definition) is 1. The Kier molecular flexibility index (Phi) is 11.4. The number of halogens is 2. The lowest BCUT2D eigenvalue weighted by molar-refractivity contribution is -0.140. The van der Waals surface area contributed by atoms with Gasteiger partial charge in [0.25, 0.3) is 10.0 Å². The highest BCUT2D eigenvalue weighted by molar-refractivity contribution is 7.92. The number of benzene rings is 4. The van der Waals surface area contributed by atoms with E-state index in [1.54, 1.807) is 55.5 Å². The molecule has 0 aliphatic heterocycles. The zero-order valence-electron chi connectivity index (χ0n) is 25.5. The van der Waals surface area contributed by atoms with E-state index in [-0.39, 0.29) is 35.4 Å². The van der Waals surface area contributed by atoms with Crippen LogP contribution in [0.2, 0.25) is 5.02 Å². The van der Waals surface area contributed by atoms with Crippen molar-refractivity contribution in [3.8, 4) is 0 Å². The van der Waals surface area contributed by atoms with Gasteiger partial charge in [-0.1, -0.05) is 86.1 Å². The third-order valence-electron chi connectivity index (χ3n) is 7.26. The van der Waals surface area contributed by atoms with Crippen molar-refractivity contribution in [3.63, 3.8) is 0 Å². The van der Waals surface area contributed by atoms with Crippen molar-refractivity contribution >= 4 is 39.1 Å². The predicted molar refractivity (Wildman–Crippen MR) is 176 cm³/mol. The second kappa shape index (κ2) is 15.2. The third-order valence-corrected chi connectivity index (χ3v) is 9.27. The summed E-state index contributed by atoms with van der Waals surface area (Å²) >= 11 is 6.20. The molecule has 0 radical (unpaired) electrons. The van der Waals surface area contributed by atoms with E-state index in [0.29, 0.717) is 22.7 Å². The first-order chi connectivity index (χ1) is 21.5. The van der Waals surface area contributed by atoms with Gasteiger partial charge in [-0.2, -0.15) is 0 Å². The van der Waals surface area contributed by atoms with Crippen molar-refractivity contribution in [2.24, 2.45) is 5.92 Å². The number of nitrogens with zero attached hydrogens (tertiary/aromatic N) is 2. The molecule has 1 unspecified atom stereocenters. The van der Waals surface area contributed by atoms with Crippen LogP contribution in [0, 0.1) is 18.7 Å². The van der Waals surface area contributed by atoms with Crippen LogP contribution < -0.4 is 9.62 Å². The van der Waals surface area contributed by atoms with E-state index in [9.17, 15) is 22.4 Å². The Morgan fingerprint density at radius 2 is 1.49 bits per heavy atom. The van der Waals surface area contributed by atoms with Gasteiger partial charge >= 0.3 is 0 Å². The number of carbonyl (C=O) groups is 2. The summed E-state index contributed by atoms with van der Waals surface area (Å²) in [5.74, 6) is -1.26. The fourth-order valence-electron chi connectivity index (χ4n) is 4.89. The Morgan fingerprint density at radius 1 is 0.867 bits per heavy atom. The average molecular weight is 650 g/mol. The van der Waals surface area contributed by atoms with Gasteiger partial charge in [0.1, 0.15) is 18.4 Å². The van der Waals surface area contributed by atoms with Crippen molar-refractivity contribution in [1.29, 1.82) is 0 Å². The molecule has 4 rings (SSSR count). The number of anilines is 1. The van der Waals surface area contributed by atoms with Crippen molar-refractivity contribution in [2.45, 2.75) is 44.7 Å². The van der Waals surface area contributed by atoms with Crippen LogP contribution in [0.5, 0.6) is 0 Å². The SMILES string of the molecule is Cc1cc(Cl)ccc1N(CC(=O)N(Cc1ccc(F)cc1)C(Cc1ccccc1)C(=O)NCC(C)C)S(=O)(=O)c1ccccc1. The number of sulfonamides is 1. The third kappa shape index (κ3) is 8.93. The minimum absolute atomic E-state index is 0.00717. The zero-order valence-corrected chi connectivity index (χ0v) is 27.1. The topological polar surface area (TPSA) is 86.8 Å². The van der Waals surface area contributed by atoms with Gasteiger partial charge in [-0.15, -0.1) is 0 Å². The Bertz CT molecular complexity index is 1700. The largest absolute Gasteiger partial charge is 0.354 e. The highest BCUT2D eigenvalue weighted by Gasteiger charge is 2.35. The molecule has 45 heavy (non-hydrogen) atoms. The van der Waals surface area contributed by atoms with Gasteiger partial charge in [0, 0.05) is 24.5 Å². The molecular weight excluding hydrogens is 613 g/mol. The number of hydrogen-bond acceptors (Lipinski definition) is 4. The molecule has 4 aromatic carbocycles. The maximum atomic E-state index is 14.5. The van der Waals surface area contributed by atoms with Gasteiger partial charge in [0.15, 0.2) is 0 Å². The quantitative estimate of drug-likeness (QED) is 0.182. The summed E-state index contributed by atoms with van der Waals surface area (Å²) in [6.07, 6.45) is 0.184. The monoisotopic (exact) mass is 649 g/mol. The maximum Gasteiger partial charge on any atom is 0.264 e. The smallest absolute Gasteiger partial charge is 0.264 e. The normalized spacial score (nSPS) is 12.0. The highest BCUT2D eigenvalue weighted by Crippen LogP contribution is 2.29. The molecule has 2 amide bonds. The molecule has 4 aromatic rings. The van der Waals surface area contributed by atoms with Crippen LogP contribution in [-0.2, 0) is 32.6 Å². The summed E-state index contributed by atoms with van der Waals surface area (Å²) in [5, 5.41) is 3.37. The van der Waals surface area contributed by atoms with E-state index in [0.717, 1.165) is 9.87 Å². The number of amides is 2. The van der Waals surface area contributed by atoms with E-state index in [1.807, 2.05) is 44.2 Å². The van der Waals surface area contributed by atoms with E-state index in [1.165, 1.54) is 29.2 Å². The lowest BCUT2D eigenvalue weighted by Gasteiger charge is -2.34. The predicted octanol–water partition coefficient (Wildman–Crippen LogP) is 6.40. The van der Waals surface area contributed by atoms with Crippen LogP contribution in [0.1, 0.15) is 30.5 Å². The first-order valence-electron chi connectivity index (χ1n) is 14.6. The highest BCUT2D eigenvalue weighted by atomic mass is 35.5. The Labute approximate surface area is 269 Å². The molecular formula is C35H37ClFN3O4S. The van der Waals surface area contributed by atoms with E-state index in [4.69, 9.17) is 11.6 Å². The fourth-order valence-corrected chi connectivity index (χ4v) is 6.62. The van der Waals surface area contributed by atoms with Crippen LogP contribution in [-0.4, -0.2) is 44.3 Å².